The third-order valence-corrected chi connectivity index (χ3v) is 10.3. The van der Waals surface area contributed by atoms with Crippen molar-refractivity contribution in [3.05, 3.63) is 18.2 Å². The summed E-state index contributed by atoms with van der Waals surface area (Å²) in [5.74, 6) is 1.62. The molecular formula is C43H85N2+. The monoisotopic (exact) mass is 630 g/mol. The van der Waals surface area contributed by atoms with Crippen molar-refractivity contribution in [2.24, 2.45) is 0 Å². The van der Waals surface area contributed by atoms with Crippen molar-refractivity contribution in [1.82, 2.24) is 4.57 Å². The number of rotatable bonds is 37. The molecular weight excluding hydrogens is 544 g/mol. The molecule has 0 spiro atoms. The first kappa shape index (κ1) is 42.2. The third kappa shape index (κ3) is 26.9. The Kier molecular flexibility index (Phi) is 32.4. The highest BCUT2D eigenvalue weighted by molar-refractivity contribution is 4.84. The summed E-state index contributed by atoms with van der Waals surface area (Å²) in [4.78, 5) is 0. The zero-order valence-corrected chi connectivity index (χ0v) is 31.7. The van der Waals surface area contributed by atoms with Crippen LogP contribution in [0.5, 0.6) is 0 Å². The highest BCUT2D eigenvalue weighted by Gasteiger charge is 2.16. The van der Waals surface area contributed by atoms with E-state index in [4.69, 9.17) is 0 Å². The molecule has 0 aliphatic heterocycles. The van der Waals surface area contributed by atoms with Crippen LogP contribution in [0.2, 0.25) is 0 Å². The summed E-state index contributed by atoms with van der Waals surface area (Å²) < 4.78 is 5.28. The molecule has 1 heterocycles. The van der Waals surface area contributed by atoms with Gasteiger partial charge in [0.25, 0.3) is 5.82 Å². The number of aromatic nitrogens is 2. The third-order valence-electron chi connectivity index (χ3n) is 10.3. The summed E-state index contributed by atoms with van der Waals surface area (Å²) in [6.45, 7) is 9.41. The lowest BCUT2D eigenvalue weighted by Gasteiger charge is -2.07. The molecule has 0 aliphatic carbocycles. The van der Waals surface area contributed by atoms with Crippen molar-refractivity contribution in [2.75, 3.05) is 0 Å². The highest BCUT2D eigenvalue weighted by atomic mass is 15.1. The van der Waals surface area contributed by atoms with Gasteiger partial charge < -0.3 is 0 Å². The second-order valence-corrected chi connectivity index (χ2v) is 14.8. The maximum atomic E-state index is 2.64. The molecule has 1 aromatic rings. The largest absolute Gasteiger partial charge is 0.256 e. The zero-order chi connectivity index (χ0) is 32.3. The Bertz CT molecular complexity index is 692. The predicted molar refractivity (Wildman–Crippen MR) is 202 cm³/mol. The Labute approximate surface area is 285 Å². The SMILES string of the molecule is CCCCCCCCCCCCCCCCC[n+]1ccn(CCCCCCCCCCCCCC)c1CCCCCCCCC. The fourth-order valence-electron chi connectivity index (χ4n) is 7.21. The van der Waals surface area contributed by atoms with Gasteiger partial charge in [0.1, 0.15) is 12.4 Å². The molecule has 1 aromatic heterocycles. The van der Waals surface area contributed by atoms with Crippen molar-refractivity contribution >= 4 is 0 Å². The number of hydrogen-bond acceptors (Lipinski definition) is 0. The lowest BCUT2D eigenvalue weighted by Crippen LogP contribution is -2.37. The topological polar surface area (TPSA) is 8.81 Å². The normalized spacial score (nSPS) is 11.6. The van der Waals surface area contributed by atoms with Crippen LogP contribution in [0.25, 0.3) is 0 Å². The number of aryl methyl sites for hydroxylation is 2. The molecule has 0 saturated heterocycles. The van der Waals surface area contributed by atoms with Crippen LogP contribution >= 0.6 is 0 Å². The van der Waals surface area contributed by atoms with Gasteiger partial charge in [-0.25, -0.2) is 9.13 Å². The predicted octanol–water partition coefficient (Wildman–Crippen LogP) is 14.6. The Morgan fingerprint density at radius 1 is 0.378 bits per heavy atom. The first-order valence-corrected chi connectivity index (χ1v) is 21.4. The molecule has 0 fully saturated rings. The molecule has 0 unspecified atom stereocenters. The lowest BCUT2D eigenvalue weighted by atomic mass is 10.0. The van der Waals surface area contributed by atoms with Crippen LogP contribution in [0.1, 0.15) is 245 Å². The minimum Gasteiger partial charge on any atom is -0.234 e. The molecule has 0 saturated carbocycles. The Balaban J connectivity index is 2.22. The maximum Gasteiger partial charge on any atom is 0.256 e. The van der Waals surface area contributed by atoms with Crippen LogP contribution in [0.4, 0.5) is 0 Å². The van der Waals surface area contributed by atoms with Gasteiger partial charge in [-0.2, -0.15) is 0 Å². The van der Waals surface area contributed by atoms with E-state index in [9.17, 15) is 0 Å². The number of unbranched alkanes of at least 4 members (excludes halogenated alkanes) is 31. The second-order valence-electron chi connectivity index (χ2n) is 14.8. The van der Waals surface area contributed by atoms with Crippen LogP contribution in [-0.2, 0) is 19.5 Å². The molecule has 1 rings (SSSR count). The van der Waals surface area contributed by atoms with E-state index in [1.807, 2.05) is 0 Å². The van der Waals surface area contributed by atoms with E-state index >= 15 is 0 Å². The molecule has 0 atom stereocenters. The first-order valence-electron chi connectivity index (χ1n) is 21.4. The van der Waals surface area contributed by atoms with Crippen LogP contribution in [0, 0.1) is 0 Å². The van der Waals surface area contributed by atoms with Gasteiger partial charge >= 0.3 is 0 Å². The highest BCUT2D eigenvalue weighted by Crippen LogP contribution is 2.16. The van der Waals surface area contributed by atoms with Gasteiger partial charge in [0, 0.05) is 6.42 Å². The van der Waals surface area contributed by atoms with E-state index in [0.717, 1.165) is 0 Å². The molecule has 0 radical (unpaired) electrons. The summed E-state index contributed by atoms with van der Waals surface area (Å²) in [6, 6.07) is 0. The lowest BCUT2D eigenvalue weighted by molar-refractivity contribution is -0.704. The Morgan fingerprint density at radius 3 is 1.07 bits per heavy atom. The van der Waals surface area contributed by atoms with Crippen molar-refractivity contribution < 1.29 is 4.57 Å². The zero-order valence-electron chi connectivity index (χ0n) is 31.7. The standard InChI is InChI=1S/C43H85N2/c1-4-7-10-13-16-18-20-22-23-24-26-28-31-34-37-40-45-42-41-44(43(45)38-35-32-29-15-12-9-6-3)39-36-33-30-27-25-21-19-17-14-11-8-5-2/h41-42H,4-40H2,1-3H3/q+1. The summed E-state index contributed by atoms with van der Waals surface area (Å²) in [5, 5.41) is 0. The fraction of sp³-hybridized carbons (Fsp3) is 0.930. The summed E-state index contributed by atoms with van der Waals surface area (Å²) in [7, 11) is 0. The average Bonchev–Trinajstić information content (AvgIpc) is 3.43. The van der Waals surface area contributed by atoms with Crippen LogP contribution in [0.15, 0.2) is 12.4 Å². The molecule has 0 bridgehead atoms. The van der Waals surface area contributed by atoms with Gasteiger partial charge in [-0.15, -0.1) is 0 Å². The fourth-order valence-corrected chi connectivity index (χ4v) is 7.21. The molecule has 2 heteroatoms. The molecule has 266 valence electrons. The number of imidazole rings is 1. The van der Waals surface area contributed by atoms with Gasteiger partial charge in [0.05, 0.1) is 13.1 Å². The van der Waals surface area contributed by atoms with E-state index in [1.165, 1.54) is 238 Å². The van der Waals surface area contributed by atoms with E-state index in [0.29, 0.717) is 0 Å². The number of nitrogens with zero attached hydrogens (tertiary/aromatic N) is 2. The summed E-state index contributed by atoms with van der Waals surface area (Å²) in [5.41, 5.74) is 0. The van der Waals surface area contributed by atoms with Gasteiger partial charge in [-0.05, 0) is 32.1 Å². The molecule has 0 aromatic carbocycles. The van der Waals surface area contributed by atoms with Crippen molar-refractivity contribution in [3.8, 4) is 0 Å². The molecule has 0 N–H and O–H groups in total. The van der Waals surface area contributed by atoms with Crippen LogP contribution < -0.4 is 4.57 Å². The van der Waals surface area contributed by atoms with E-state index in [1.54, 1.807) is 5.82 Å². The van der Waals surface area contributed by atoms with Crippen LogP contribution in [0.3, 0.4) is 0 Å². The minimum atomic E-state index is 1.23. The average molecular weight is 630 g/mol. The summed E-state index contributed by atoms with van der Waals surface area (Å²) >= 11 is 0. The molecule has 0 aliphatic rings. The van der Waals surface area contributed by atoms with Crippen LogP contribution in [-0.4, -0.2) is 4.57 Å². The van der Waals surface area contributed by atoms with Gasteiger partial charge in [0.2, 0.25) is 0 Å². The quantitative estimate of drug-likeness (QED) is 0.0511. The minimum absolute atomic E-state index is 1.23. The van der Waals surface area contributed by atoms with Crippen molar-refractivity contribution in [1.29, 1.82) is 0 Å². The molecule has 0 amide bonds. The van der Waals surface area contributed by atoms with Gasteiger partial charge in [0.15, 0.2) is 0 Å². The summed E-state index contributed by atoms with van der Waals surface area (Å²) in [6.07, 6.45) is 54.9. The second kappa shape index (κ2) is 34.5. The Morgan fingerprint density at radius 2 is 0.689 bits per heavy atom. The van der Waals surface area contributed by atoms with Gasteiger partial charge in [-0.1, -0.05) is 207 Å². The smallest absolute Gasteiger partial charge is 0.234 e. The molecule has 2 nitrogen and oxygen atoms in total. The van der Waals surface area contributed by atoms with E-state index < -0.39 is 0 Å². The van der Waals surface area contributed by atoms with E-state index in [2.05, 4.69) is 42.3 Å². The molecule has 45 heavy (non-hydrogen) atoms. The first-order chi connectivity index (χ1) is 22.3. The van der Waals surface area contributed by atoms with Crippen molar-refractivity contribution in [3.63, 3.8) is 0 Å². The van der Waals surface area contributed by atoms with E-state index in [-0.39, 0.29) is 0 Å². The Hall–Kier alpha value is -0.790. The van der Waals surface area contributed by atoms with Crippen molar-refractivity contribution in [2.45, 2.75) is 259 Å². The maximum absolute atomic E-state index is 2.64. The number of hydrogen-bond donors (Lipinski definition) is 0. The van der Waals surface area contributed by atoms with Gasteiger partial charge in [-0.3, -0.25) is 0 Å².